The third-order valence-electron chi connectivity index (χ3n) is 4.65. The lowest BCUT2D eigenvalue weighted by molar-refractivity contribution is -0.125. The molecule has 2 aromatic rings. The highest BCUT2D eigenvalue weighted by Crippen LogP contribution is 2.32. The lowest BCUT2D eigenvalue weighted by atomic mass is 9.88. The third kappa shape index (κ3) is 3.80. The van der Waals surface area contributed by atoms with E-state index in [1.54, 1.807) is 0 Å². The summed E-state index contributed by atoms with van der Waals surface area (Å²) < 4.78 is 0. The monoisotopic (exact) mass is 308 g/mol. The van der Waals surface area contributed by atoms with Gasteiger partial charge in [-0.05, 0) is 25.1 Å². The summed E-state index contributed by atoms with van der Waals surface area (Å²) in [5.74, 6) is 0.454. The van der Waals surface area contributed by atoms with Gasteiger partial charge in [-0.2, -0.15) is 0 Å². The number of benzene rings is 2. The zero-order chi connectivity index (χ0) is 16.2. The molecule has 1 fully saturated rings. The number of likely N-dealkylation sites (tertiary alicyclic amines) is 1. The van der Waals surface area contributed by atoms with Gasteiger partial charge in [-0.15, -0.1) is 0 Å². The van der Waals surface area contributed by atoms with E-state index in [-0.39, 0.29) is 17.7 Å². The fraction of sp³-hybridized carbons (Fsp3) is 0.350. The number of nitrogens with one attached hydrogen (secondary N) is 1. The molecule has 0 radical (unpaired) electrons. The minimum absolute atomic E-state index is 0.0212. The van der Waals surface area contributed by atoms with Gasteiger partial charge in [-0.3, -0.25) is 4.79 Å². The van der Waals surface area contributed by atoms with E-state index >= 15 is 0 Å². The largest absolute Gasteiger partial charge is 0.352 e. The van der Waals surface area contributed by atoms with Crippen LogP contribution in [0.2, 0.25) is 0 Å². The molecule has 0 bridgehead atoms. The third-order valence-corrected chi connectivity index (χ3v) is 4.65. The predicted octanol–water partition coefficient (Wildman–Crippen LogP) is 2.96. The Hall–Kier alpha value is -2.13. The summed E-state index contributed by atoms with van der Waals surface area (Å²) in [6.07, 6.45) is 0. The zero-order valence-electron chi connectivity index (χ0n) is 13.8. The van der Waals surface area contributed by atoms with Crippen molar-refractivity contribution in [2.24, 2.45) is 5.92 Å². The van der Waals surface area contributed by atoms with E-state index < -0.39 is 0 Å². The second-order valence-corrected chi connectivity index (χ2v) is 6.55. The lowest BCUT2D eigenvalue weighted by Gasteiger charge is -2.18. The van der Waals surface area contributed by atoms with Crippen LogP contribution in [-0.2, 0) is 11.3 Å². The summed E-state index contributed by atoms with van der Waals surface area (Å²) in [6, 6.07) is 18.7. The van der Waals surface area contributed by atoms with Crippen LogP contribution in [0, 0.1) is 12.8 Å². The number of carbonyl (C=O) groups excluding carboxylic acids is 1. The molecule has 0 saturated carbocycles. The predicted molar refractivity (Wildman–Crippen MR) is 93.2 cm³/mol. The molecule has 120 valence electrons. The molecule has 2 atom stereocenters. The van der Waals surface area contributed by atoms with Crippen molar-refractivity contribution in [2.45, 2.75) is 19.4 Å². The Labute approximate surface area is 138 Å². The maximum atomic E-state index is 12.7. The van der Waals surface area contributed by atoms with Crippen LogP contribution in [0.4, 0.5) is 0 Å². The Balaban J connectivity index is 1.66. The van der Waals surface area contributed by atoms with Crippen molar-refractivity contribution in [3.63, 3.8) is 0 Å². The van der Waals surface area contributed by atoms with Crippen molar-refractivity contribution < 1.29 is 4.79 Å². The normalized spacial score (nSPS) is 21.3. The maximum absolute atomic E-state index is 12.7. The molecule has 2 aromatic carbocycles. The van der Waals surface area contributed by atoms with E-state index in [0.717, 1.165) is 18.7 Å². The second kappa shape index (κ2) is 6.97. The summed E-state index contributed by atoms with van der Waals surface area (Å²) in [7, 11) is 2.09. The first-order valence-electron chi connectivity index (χ1n) is 8.20. The van der Waals surface area contributed by atoms with Crippen LogP contribution in [-0.4, -0.2) is 30.9 Å². The van der Waals surface area contributed by atoms with Crippen LogP contribution in [0.25, 0.3) is 0 Å². The van der Waals surface area contributed by atoms with Gasteiger partial charge >= 0.3 is 0 Å². The first-order chi connectivity index (χ1) is 11.1. The van der Waals surface area contributed by atoms with Gasteiger partial charge in [0.15, 0.2) is 0 Å². The van der Waals surface area contributed by atoms with E-state index in [1.807, 2.05) is 6.07 Å². The smallest absolute Gasteiger partial charge is 0.225 e. The molecule has 23 heavy (non-hydrogen) atoms. The number of carbonyl (C=O) groups is 1. The van der Waals surface area contributed by atoms with Crippen LogP contribution in [0.15, 0.2) is 54.6 Å². The van der Waals surface area contributed by atoms with E-state index in [2.05, 4.69) is 72.7 Å². The molecule has 1 N–H and O–H groups in total. The first kappa shape index (κ1) is 15.8. The molecule has 1 saturated heterocycles. The molecule has 1 aliphatic rings. The van der Waals surface area contributed by atoms with Crippen molar-refractivity contribution in [3.05, 3.63) is 71.3 Å². The Morgan fingerprint density at radius 2 is 1.78 bits per heavy atom. The summed E-state index contributed by atoms with van der Waals surface area (Å²) in [6.45, 7) is 4.42. The Bertz CT molecular complexity index is 651. The average Bonchev–Trinajstić information content (AvgIpc) is 2.97. The maximum Gasteiger partial charge on any atom is 0.225 e. The van der Waals surface area contributed by atoms with E-state index in [9.17, 15) is 4.79 Å². The molecule has 1 amide bonds. The van der Waals surface area contributed by atoms with Gasteiger partial charge in [0.1, 0.15) is 0 Å². The standard InChI is InChI=1S/C20H24N2O/c1-15-8-10-16(11-9-15)12-21-20(23)19-14-22(2)13-18(19)17-6-4-3-5-7-17/h3-11,18-19H,12-14H2,1-2H3,(H,21,23)/t18-,19+/m1/s1. The number of hydrogen-bond acceptors (Lipinski definition) is 2. The Kier molecular flexibility index (Phi) is 4.77. The molecule has 3 rings (SSSR count). The SMILES string of the molecule is Cc1ccc(CNC(=O)[C@H]2CN(C)C[C@@H]2c2ccccc2)cc1. The van der Waals surface area contributed by atoms with Gasteiger partial charge in [0.25, 0.3) is 0 Å². The average molecular weight is 308 g/mol. The zero-order valence-corrected chi connectivity index (χ0v) is 13.8. The van der Waals surface area contributed by atoms with Crippen molar-refractivity contribution in [1.82, 2.24) is 10.2 Å². The number of rotatable bonds is 4. The van der Waals surface area contributed by atoms with Gasteiger partial charge in [-0.1, -0.05) is 60.2 Å². The van der Waals surface area contributed by atoms with Gasteiger partial charge < -0.3 is 10.2 Å². The molecule has 0 aromatic heterocycles. The molecule has 0 unspecified atom stereocenters. The summed E-state index contributed by atoms with van der Waals surface area (Å²) >= 11 is 0. The lowest BCUT2D eigenvalue weighted by Crippen LogP contribution is -2.34. The number of amides is 1. The van der Waals surface area contributed by atoms with Crippen LogP contribution in [0.3, 0.4) is 0 Å². The van der Waals surface area contributed by atoms with Crippen LogP contribution < -0.4 is 5.32 Å². The fourth-order valence-electron chi connectivity index (χ4n) is 3.33. The molecular formula is C20H24N2O. The summed E-state index contributed by atoms with van der Waals surface area (Å²) in [5, 5.41) is 3.12. The van der Waals surface area contributed by atoms with E-state index in [1.165, 1.54) is 11.1 Å². The Morgan fingerprint density at radius 3 is 2.48 bits per heavy atom. The number of nitrogens with zero attached hydrogens (tertiary/aromatic N) is 1. The highest BCUT2D eigenvalue weighted by atomic mass is 16.1. The molecule has 0 spiro atoms. The topological polar surface area (TPSA) is 32.3 Å². The molecular weight excluding hydrogens is 284 g/mol. The highest BCUT2D eigenvalue weighted by molar-refractivity contribution is 5.80. The minimum atomic E-state index is 0.0212. The number of aryl methyl sites for hydroxylation is 1. The minimum Gasteiger partial charge on any atom is -0.352 e. The quantitative estimate of drug-likeness (QED) is 0.942. The van der Waals surface area contributed by atoms with Crippen molar-refractivity contribution in [3.8, 4) is 0 Å². The molecule has 0 aliphatic carbocycles. The van der Waals surface area contributed by atoms with Crippen molar-refractivity contribution in [2.75, 3.05) is 20.1 Å². The van der Waals surface area contributed by atoms with Gasteiger partial charge in [0.05, 0.1) is 5.92 Å². The van der Waals surface area contributed by atoms with Gasteiger partial charge in [-0.25, -0.2) is 0 Å². The fourth-order valence-corrected chi connectivity index (χ4v) is 3.33. The molecule has 3 nitrogen and oxygen atoms in total. The van der Waals surface area contributed by atoms with Gasteiger partial charge in [0, 0.05) is 25.6 Å². The molecule has 3 heteroatoms. The Morgan fingerprint density at radius 1 is 1.09 bits per heavy atom. The molecule has 1 aliphatic heterocycles. The molecule has 1 heterocycles. The number of likely N-dealkylation sites (N-methyl/N-ethyl adjacent to an activating group) is 1. The van der Waals surface area contributed by atoms with Crippen molar-refractivity contribution >= 4 is 5.91 Å². The summed E-state index contributed by atoms with van der Waals surface area (Å²) in [5.41, 5.74) is 3.64. The van der Waals surface area contributed by atoms with Crippen LogP contribution in [0.1, 0.15) is 22.6 Å². The summed E-state index contributed by atoms with van der Waals surface area (Å²) in [4.78, 5) is 14.9. The number of hydrogen-bond donors (Lipinski definition) is 1. The first-order valence-corrected chi connectivity index (χ1v) is 8.20. The van der Waals surface area contributed by atoms with E-state index in [0.29, 0.717) is 6.54 Å². The van der Waals surface area contributed by atoms with Gasteiger partial charge in [0.2, 0.25) is 5.91 Å². The second-order valence-electron chi connectivity index (χ2n) is 6.55. The van der Waals surface area contributed by atoms with Crippen LogP contribution in [0.5, 0.6) is 0 Å². The highest BCUT2D eigenvalue weighted by Gasteiger charge is 2.36. The van der Waals surface area contributed by atoms with E-state index in [4.69, 9.17) is 0 Å². The van der Waals surface area contributed by atoms with Crippen molar-refractivity contribution in [1.29, 1.82) is 0 Å². The van der Waals surface area contributed by atoms with Crippen LogP contribution >= 0.6 is 0 Å².